The average molecular weight is 379 g/mol. The summed E-state index contributed by atoms with van der Waals surface area (Å²) in [5.41, 5.74) is 6.28. The van der Waals surface area contributed by atoms with E-state index in [0.29, 0.717) is 17.2 Å². The van der Waals surface area contributed by atoms with Crippen molar-refractivity contribution >= 4 is 44.4 Å². The number of halogens is 1. The molecule has 0 spiro atoms. The highest BCUT2D eigenvalue weighted by molar-refractivity contribution is 9.10. The van der Waals surface area contributed by atoms with Crippen LogP contribution in [0.4, 0.5) is 5.82 Å². The number of nitrogens with zero attached hydrogens (tertiary/aromatic N) is 3. The molecule has 114 valence electrons. The van der Waals surface area contributed by atoms with Crippen LogP contribution in [0.25, 0.3) is 10.9 Å². The Morgan fingerprint density at radius 3 is 2.45 bits per heavy atom. The normalized spacial score (nSPS) is 9.95. The minimum absolute atomic E-state index is 0.436. The molecule has 0 fully saturated rings. The van der Waals surface area contributed by atoms with Crippen molar-refractivity contribution in [3.05, 3.63) is 47.3 Å². The van der Waals surface area contributed by atoms with Crippen molar-refractivity contribution in [2.45, 2.75) is 4.90 Å². The lowest BCUT2D eigenvalue weighted by atomic mass is 10.3. The molecule has 0 amide bonds. The van der Waals surface area contributed by atoms with Crippen molar-refractivity contribution in [2.24, 2.45) is 0 Å². The van der Waals surface area contributed by atoms with E-state index >= 15 is 0 Å². The van der Waals surface area contributed by atoms with Gasteiger partial charge in [-0.2, -0.15) is 0 Å². The first-order valence-electron chi connectivity index (χ1n) is 6.34. The van der Waals surface area contributed by atoms with Gasteiger partial charge in [0.15, 0.2) is 0 Å². The molecule has 7 heteroatoms. The molecule has 0 saturated heterocycles. The Kier molecular flexibility index (Phi) is 5.97. The fourth-order valence-corrected chi connectivity index (χ4v) is 2.38. The number of aromatic nitrogens is 3. The zero-order chi connectivity index (χ0) is 15.9. The monoisotopic (exact) mass is 378 g/mol. The Bertz CT molecular complexity index is 752. The summed E-state index contributed by atoms with van der Waals surface area (Å²) in [6, 6.07) is 10.0. The lowest BCUT2D eigenvalue weighted by Crippen LogP contribution is -1.96. The van der Waals surface area contributed by atoms with Crippen LogP contribution in [-0.2, 0) is 0 Å². The molecular weight excluding hydrogens is 364 g/mol. The van der Waals surface area contributed by atoms with E-state index in [1.807, 2.05) is 12.1 Å². The third-order valence-corrected chi connectivity index (χ3v) is 4.07. The number of methoxy groups -OCH3 is 1. The summed E-state index contributed by atoms with van der Waals surface area (Å²) in [5.74, 6) is 0.900. The Morgan fingerprint density at radius 2 is 1.82 bits per heavy atom. The number of hydrogen-bond donors (Lipinski definition) is 1. The molecule has 1 aromatic carbocycles. The first-order chi connectivity index (χ1) is 10.7. The zero-order valence-corrected chi connectivity index (χ0v) is 14.6. The molecule has 0 aliphatic rings. The molecule has 2 aromatic heterocycles. The van der Waals surface area contributed by atoms with E-state index in [9.17, 15) is 0 Å². The highest BCUT2D eigenvalue weighted by atomic mass is 79.9. The second-order valence-electron chi connectivity index (χ2n) is 4.13. The van der Waals surface area contributed by atoms with E-state index in [0.717, 1.165) is 9.86 Å². The summed E-state index contributed by atoms with van der Waals surface area (Å²) in [4.78, 5) is 13.2. The Morgan fingerprint density at radius 1 is 1.09 bits per heavy atom. The standard InChI is InChI=1S/C8H8N4O.C7H7BrS/c1-13-8-6-5(2-3-10-8)7(9)12-4-11-6;1-9-7-4-2-6(8)3-5-7/h2-4H,1H3,(H2,9,11,12);2-5H,1H3. The molecule has 0 aliphatic heterocycles. The number of anilines is 1. The Hall–Kier alpha value is -1.86. The fraction of sp³-hybridized carbons (Fsp3) is 0.133. The van der Waals surface area contributed by atoms with Crippen LogP contribution in [-0.4, -0.2) is 28.3 Å². The largest absolute Gasteiger partial charge is 0.479 e. The van der Waals surface area contributed by atoms with Gasteiger partial charge in [-0.1, -0.05) is 15.9 Å². The molecule has 0 unspecified atom stereocenters. The fourth-order valence-electron chi connectivity index (χ4n) is 1.70. The SMILES string of the molecule is COc1nccc2c(N)ncnc12.CSc1ccc(Br)cc1. The summed E-state index contributed by atoms with van der Waals surface area (Å²) in [6.45, 7) is 0. The van der Waals surface area contributed by atoms with Crippen LogP contribution >= 0.6 is 27.7 Å². The van der Waals surface area contributed by atoms with E-state index in [4.69, 9.17) is 10.5 Å². The number of hydrogen-bond acceptors (Lipinski definition) is 6. The van der Waals surface area contributed by atoms with E-state index in [1.165, 1.54) is 11.2 Å². The number of ether oxygens (including phenoxy) is 1. The van der Waals surface area contributed by atoms with Gasteiger partial charge < -0.3 is 10.5 Å². The molecule has 2 N–H and O–H groups in total. The van der Waals surface area contributed by atoms with Crippen molar-refractivity contribution in [1.82, 2.24) is 15.0 Å². The number of benzene rings is 1. The number of nitrogens with two attached hydrogens (primary N) is 1. The zero-order valence-electron chi connectivity index (χ0n) is 12.2. The van der Waals surface area contributed by atoms with Crippen LogP contribution in [0.1, 0.15) is 0 Å². The predicted octanol–water partition coefficient (Wildman–Crippen LogP) is 3.79. The van der Waals surface area contributed by atoms with Gasteiger partial charge in [0, 0.05) is 21.0 Å². The van der Waals surface area contributed by atoms with Crippen LogP contribution in [0, 0.1) is 0 Å². The van der Waals surface area contributed by atoms with Gasteiger partial charge in [0.1, 0.15) is 17.7 Å². The maximum Gasteiger partial charge on any atom is 0.240 e. The first-order valence-corrected chi connectivity index (χ1v) is 8.36. The van der Waals surface area contributed by atoms with Crippen molar-refractivity contribution in [3.8, 4) is 5.88 Å². The number of thioether (sulfide) groups is 1. The minimum Gasteiger partial charge on any atom is -0.479 e. The van der Waals surface area contributed by atoms with Crippen molar-refractivity contribution in [1.29, 1.82) is 0 Å². The summed E-state index contributed by atoms with van der Waals surface area (Å²) in [7, 11) is 1.54. The van der Waals surface area contributed by atoms with Crippen molar-refractivity contribution in [2.75, 3.05) is 19.1 Å². The van der Waals surface area contributed by atoms with Crippen molar-refractivity contribution in [3.63, 3.8) is 0 Å². The average Bonchev–Trinajstić information content (AvgIpc) is 2.56. The maximum atomic E-state index is 5.65. The van der Waals surface area contributed by atoms with Crippen LogP contribution in [0.15, 0.2) is 52.2 Å². The molecule has 3 aromatic rings. The van der Waals surface area contributed by atoms with Gasteiger partial charge in [0.2, 0.25) is 5.88 Å². The van der Waals surface area contributed by atoms with E-state index in [-0.39, 0.29) is 0 Å². The number of pyridine rings is 1. The lowest BCUT2D eigenvalue weighted by molar-refractivity contribution is 0.402. The summed E-state index contributed by atoms with van der Waals surface area (Å²) in [5, 5.41) is 0.759. The summed E-state index contributed by atoms with van der Waals surface area (Å²) < 4.78 is 6.16. The maximum absolute atomic E-state index is 5.65. The Balaban J connectivity index is 0.000000172. The molecule has 22 heavy (non-hydrogen) atoms. The third kappa shape index (κ3) is 4.08. The number of rotatable bonds is 2. The van der Waals surface area contributed by atoms with Crippen LogP contribution in [0.2, 0.25) is 0 Å². The summed E-state index contributed by atoms with van der Waals surface area (Å²) in [6.07, 6.45) is 5.08. The predicted molar refractivity (Wildman–Crippen MR) is 94.2 cm³/mol. The molecule has 0 radical (unpaired) electrons. The molecule has 5 nitrogen and oxygen atoms in total. The highest BCUT2D eigenvalue weighted by Crippen LogP contribution is 2.22. The highest BCUT2D eigenvalue weighted by Gasteiger charge is 2.05. The topological polar surface area (TPSA) is 73.9 Å². The molecule has 3 rings (SSSR count). The van der Waals surface area contributed by atoms with E-state index in [2.05, 4.69) is 49.3 Å². The smallest absolute Gasteiger partial charge is 0.240 e. The third-order valence-electron chi connectivity index (χ3n) is 2.79. The minimum atomic E-state index is 0.436. The number of nitrogen functional groups attached to an aromatic ring is 1. The van der Waals surface area contributed by atoms with Gasteiger partial charge >= 0.3 is 0 Å². The van der Waals surface area contributed by atoms with Gasteiger partial charge in [0.25, 0.3) is 0 Å². The second kappa shape index (κ2) is 7.95. The summed E-state index contributed by atoms with van der Waals surface area (Å²) >= 11 is 5.12. The Labute approximate surface area is 141 Å². The number of fused-ring (bicyclic) bond motifs is 1. The molecule has 0 bridgehead atoms. The van der Waals surface area contributed by atoms with Gasteiger partial charge in [-0.25, -0.2) is 15.0 Å². The quantitative estimate of drug-likeness (QED) is 0.683. The lowest BCUT2D eigenvalue weighted by Gasteiger charge is -2.03. The van der Waals surface area contributed by atoms with Gasteiger partial charge in [0.05, 0.1) is 7.11 Å². The molecule has 0 saturated carbocycles. The second-order valence-corrected chi connectivity index (χ2v) is 5.93. The van der Waals surface area contributed by atoms with Gasteiger partial charge in [-0.3, -0.25) is 0 Å². The molecule has 2 heterocycles. The molecule has 0 aliphatic carbocycles. The van der Waals surface area contributed by atoms with Gasteiger partial charge in [-0.15, -0.1) is 11.8 Å². The van der Waals surface area contributed by atoms with E-state index in [1.54, 1.807) is 31.1 Å². The van der Waals surface area contributed by atoms with Crippen LogP contribution in [0.3, 0.4) is 0 Å². The van der Waals surface area contributed by atoms with Crippen LogP contribution < -0.4 is 10.5 Å². The van der Waals surface area contributed by atoms with E-state index < -0.39 is 0 Å². The molecular formula is C15H15BrN4OS. The van der Waals surface area contributed by atoms with Crippen LogP contribution in [0.5, 0.6) is 5.88 Å². The molecule has 0 atom stereocenters. The van der Waals surface area contributed by atoms with Crippen molar-refractivity contribution < 1.29 is 4.74 Å². The van der Waals surface area contributed by atoms with Gasteiger partial charge in [-0.05, 0) is 36.6 Å². The first kappa shape index (κ1) is 16.5.